The fourth-order valence-corrected chi connectivity index (χ4v) is 2.27. The monoisotopic (exact) mass is 285 g/mol. The van der Waals surface area contributed by atoms with E-state index in [1.54, 1.807) is 6.07 Å². The molecule has 0 spiro atoms. The lowest BCUT2D eigenvalue weighted by Crippen LogP contribution is -2.36. The third-order valence-corrected chi connectivity index (χ3v) is 3.50. The van der Waals surface area contributed by atoms with Crippen LogP contribution >= 0.6 is 0 Å². The topological polar surface area (TPSA) is 55.4 Å². The third kappa shape index (κ3) is 3.60. The summed E-state index contributed by atoms with van der Waals surface area (Å²) in [4.78, 5) is 23.8. The van der Waals surface area contributed by atoms with Crippen molar-refractivity contribution in [3.05, 3.63) is 48.0 Å². The first-order valence-corrected chi connectivity index (χ1v) is 7.01. The highest BCUT2D eigenvalue weighted by molar-refractivity contribution is 6.07. The minimum Gasteiger partial charge on any atom is -0.469 e. The maximum atomic E-state index is 12.4. The molecule has 2 rings (SSSR count). The average Bonchev–Trinajstić information content (AvgIpc) is 2.53. The fourth-order valence-electron chi connectivity index (χ4n) is 2.27. The Labute approximate surface area is 124 Å². The van der Waals surface area contributed by atoms with E-state index in [-0.39, 0.29) is 24.3 Å². The van der Waals surface area contributed by atoms with Crippen LogP contribution in [0.15, 0.2) is 42.5 Å². The van der Waals surface area contributed by atoms with Crippen LogP contribution in [0.5, 0.6) is 0 Å². The molecule has 0 saturated heterocycles. The van der Waals surface area contributed by atoms with E-state index in [0.717, 1.165) is 10.8 Å². The van der Waals surface area contributed by atoms with Crippen LogP contribution in [0.1, 0.15) is 30.1 Å². The predicted octanol–water partition coefficient (Wildman–Crippen LogP) is 2.91. The molecule has 0 aliphatic rings. The number of ether oxygens (including phenoxy) is 1. The van der Waals surface area contributed by atoms with Gasteiger partial charge in [-0.3, -0.25) is 9.59 Å². The molecule has 4 heteroatoms. The number of benzene rings is 2. The quantitative estimate of drug-likeness (QED) is 0.859. The number of rotatable bonds is 5. The molecule has 110 valence electrons. The molecule has 0 bridgehead atoms. The van der Waals surface area contributed by atoms with E-state index in [4.69, 9.17) is 0 Å². The van der Waals surface area contributed by atoms with E-state index in [1.807, 2.05) is 43.3 Å². The van der Waals surface area contributed by atoms with E-state index in [0.29, 0.717) is 12.0 Å². The van der Waals surface area contributed by atoms with Crippen LogP contribution in [0.2, 0.25) is 0 Å². The average molecular weight is 285 g/mol. The van der Waals surface area contributed by atoms with Crippen molar-refractivity contribution < 1.29 is 14.3 Å². The van der Waals surface area contributed by atoms with Crippen molar-refractivity contribution in [2.45, 2.75) is 25.8 Å². The van der Waals surface area contributed by atoms with E-state index in [9.17, 15) is 9.59 Å². The van der Waals surface area contributed by atoms with Gasteiger partial charge in [-0.15, -0.1) is 0 Å². The Bertz CT molecular complexity index is 646. The Hall–Kier alpha value is -2.36. The van der Waals surface area contributed by atoms with Gasteiger partial charge in [0.15, 0.2) is 0 Å². The summed E-state index contributed by atoms with van der Waals surface area (Å²) in [5.74, 6) is -0.484. The number of esters is 1. The predicted molar refractivity (Wildman–Crippen MR) is 82.1 cm³/mol. The van der Waals surface area contributed by atoms with E-state index >= 15 is 0 Å². The summed E-state index contributed by atoms with van der Waals surface area (Å²) in [6, 6.07) is 13.1. The van der Waals surface area contributed by atoms with Crippen molar-refractivity contribution in [2.24, 2.45) is 0 Å². The highest BCUT2D eigenvalue weighted by Gasteiger charge is 2.17. The van der Waals surface area contributed by atoms with E-state index in [1.165, 1.54) is 7.11 Å². The second-order valence-electron chi connectivity index (χ2n) is 4.89. The number of nitrogens with one attached hydrogen (secondary N) is 1. The highest BCUT2D eigenvalue weighted by Crippen LogP contribution is 2.18. The molecule has 0 aliphatic heterocycles. The van der Waals surface area contributed by atoms with Gasteiger partial charge in [-0.2, -0.15) is 0 Å². The minimum absolute atomic E-state index is 0.164. The fraction of sp³-hybridized carbons (Fsp3) is 0.294. The normalized spacial score (nSPS) is 11.9. The molecule has 2 aromatic carbocycles. The van der Waals surface area contributed by atoms with Gasteiger partial charge in [0.1, 0.15) is 0 Å². The zero-order valence-corrected chi connectivity index (χ0v) is 12.3. The Balaban J connectivity index is 2.20. The van der Waals surface area contributed by atoms with Crippen LogP contribution in [0.25, 0.3) is 10.8 Å². The molecule has 2 aromatic rings. The number of hydrogen-bond acceptors (Lipinski definition) is 3. The van der Waals surface area contributed by atoms with Crippen LogP contribution in [0.3, 0.4) is 0 Å². The molecule has 1 atom stereocenters. The van der Waals surface area contributed by atoms with Crippen LogP contribution in [0, 0.1) is 0 Å². The van der Waals surface area contributed by atoms with Gasteiger partial charge in [0.25, 0.3) is 5.91 Å². The van der Waals surface area contributed by atoms with Crippen molar-refractivity contribution >= 4 is 22.6 Å². The number of methoxy groups -OCH3 is 1. The number of fused-ring (bicyclic) bond motifs is 1. The Morgan fingerprint density at radius 1 is 1.14 bits per heavy atom. The Kier molecular flexibility index (Phi) is 4.93. The molecule has 0 fully saturated rings. The van der Waals surface area contributed by atoms with Gasteiger partial charge in [-0.05, 0) is 23.3 Å². The smallest absolute Gasteiger partial charge is 0.307 e. The summed E-state index contributed by atoms with van der Waals surface area (Å²) >= 11 is 0. The highest BCUT2D eigenvalue weighted by atomic mass is 16.5. The van der Waals surface area contributed by atoms with Crippen molar-refractivity contribution in [1.82, 2.24) is 5.32 Å². The zero-order valence-electron chi connectivity index (χ0n) is 12.3. The van der Waals surface area contributed by atoms with Gasteiger partial charge in [0.2, 0.25) is 0 Å². The first-order chi connectivity index (χ1) is 10.2. The van der Waals surface area contributed by atoms with Gasteiger partial charge in [-0.25, -0.2) is 0 Å². The summed E-state index contributed by atoms with van der Waals surface area (Å²) < 4.78 is 4.65. The lowest BCUT2D eigenvalue weighted by atomic mass is 10.0. The molecule has 4 nitrogen and oxygen atoms in total. The molecule has 0 heterocycles. The molecule has 0 radical (unpaired) electrons. The standard InChI is InChI=1S/C17H19NO3/c1-3-13(11-16(19)21-2)18-17(20)15-10-6-8-12-7-4-5-9-14(12)15/h4-10,13H,3,11H2,1-2H3,(H,18,20). The Morgan fingerprint density at radius 2 is 1.86 bits per heavy atom. The van der Waals surface area contributed by atoms with Gasteiger partial charge in [0.05, 0.1) is 13.5 Å². The van der Waals surface area contributed by atoms with Crippen LogP contribution in [0.4, 0.5) is 0 Å². The molecule has 0 saturated carbocycles. The second kappa shape index (κ2) is 6.88. The molecular formula is C17H19NO3. The zero-order chi connectivity index (χ0) is 15.2. The van der Waals surface area contributed by atoms with Gasteiger partial charge < -0.3 is 10.1 Å². The maximum Gasteiger partial charge on any atom is 0.307 e. The Morgan fingerprint density at radius 3 is 2.57 bits per heavy atom. The molecule has 0 aromatic heterocycles. The molecular weight excluding hydrogens is 266 g/mol. The molecule has 1 amide bonds. The number of amides is 1. The van der Waals surface area contributed by atoms with Crippen LogP contribution < -0.4 is 5.32 Å². The summed E-state index contributed by atoms with van der Waals surface area (Å²) in [6.45, 7) is 1.93. The summed E-state index contributed by atoms with van der Waals surface area (Å²) in [5.41, 5.74) is 0.622. The number of carbonyl (C=O) groups is 2. The summed E-state index contributed by atoms with van der Waals surface area (Å²) in [7, 11) is 1.35. The number of hydrogen-bond donors (Lipinski definition) is 1. The second-order valence-corrected chi connectivity index (χ2v) is 4.89. The van der Waals surface area contributed by atoms with Crippen LogP contribution in [-0.2, 0) is 9.53 Å². The van der Waals surface area contributed by atoms with Gasteiger partial charge >= 0.3 is 5.97 Å². The lowest BCUT2D eigenvalue weighted by Gasteiger charge is -2.16. The maximum absolute atomic E-state index is 12.4. The largest absolute Gasteiger partial charge is 0.469 e. The lowest BCUT2D eigenvalue weighted by molar-refractivity contribution is -0.141. The number of carbonyl (C=O) groups excluding carboxylic acids is 2. The van der Waals surface area contributed by atoms with E-state index in [2.05, 4.69) is 10.1 Å². The first kappa shape index (κ1) is 15.0. The van der Waals surface area contributed by atoms with Crippen molar-refractivity contribution in [2.75, 3.05) is 7.11 Å². The van der Waals surface area contributed by atoms with Crippen molar-refractivity contribution in [1.29, 1.82) is 0 Å². The minimum atomic E-state index is -0.319. The molecule has 1 N–H and O–H groups in total. The van der Waals surface area contributed by atoms with Crippen LogP contribution in [-0.4, -0.2) is 25.0 Å². The van der Waals surface area contributed by atoms with Crippen molar-refractivity contribution in [3.8, 4) is 0 Å². The third-order valence-electron chi connectivity index (χ3n) is 3.50. The van der Waals surface area contributed by atoms with Gasteiger partial charge in [-0.1, -0.05) is 43.3 Å². The summed E-state index contributed by atoms with van der Waals surface area (Å²) in [5, 5.41) is 4.83. The first-order valence-electron chi connectivity index (χ1n) is 7.01. The van der Waals surface area contributed by atoms with Gasteiger partial charge in [0, 0.05) is 11.6 Å². The summed E-state index contributed by atoms with van der Waals surface area (Å²) in [6.07, 6.45) is 0.856. The molecule has 0 aliphatic carbocycles. The van der Waals surface area contributed by atoms with Crippen molar-refractivity contribution in [3.63, 3.8) is 0 Å². The van der Waals surface area contributed by atoms with E-state index < -0.39 is 0 Å². The molecule has 21 heavy (non-hydrogen) atoms. The SMILES string of the molecule is CCC(CC(=O)OC)NC(=O)c1cccc2ccccc12. The molecule has 1 unspecified atom stereocenters.